The smallest absolute Gasteiger partial charge is 0.266 e. The second-order valence-corrected chi connectivity index (χ2v) is 6.71. The average Bonchev–Trinajstić information content (AvgIpc) is 2.71. The Hall–Kier alpha value is -2.42. The van der Waals surface area contributed by atoms with Crippen LogP contribution in [0.15, 0.2) is 42.5 Å². The highest BCUT2D eigenvalue weighted by atomic mass is 16.2. The summed E-state index contributed by atoms with van der Waals surface area (Å²) in [4.78, 5) is 26.8. The molecule has 0 radical (unpaired) electrons. The number of nitrogens with zero attached hydrogens (tertiary/aromatic N) is 1. The molecule has 0 saturated carbocycles. The molecule has 0 atom stereocenters. The van der Waals surface area contributed by atoms with Crippen molar-refractivity contribution in [3.8, 4) is 0 Å². The van der Waals surface area contributed by atoms with Crippen LogP contribution in [0.3, 0.4) is 0 Å². The zero-order valence-electron chi connectivity index (χ0n) is 13.3. The molecule has 2 aromatic rings. The van der Waals surface area contributed by atoms with E-state index in [1.807, 2.05) is 25.1 Å². The first-order valence-corrected chi connectivity index (χ1v) is 7.40. The van der Waals surface area contributed by atoms with Gasteiger partial charge in [0, 0.05) is 0 Å². The van der Waals surface area contributed by atoms with Gasteiger partial charge in [0.2, 0.25) is 0 Å². The molecule has 112 valence electrons. The quantitative estimate of drug-likeness (QED) is 0.743. The van der Waals surface area contributed by atoms with E-state index in [-0.39, 0.29) is 17.2 Å². The number of hydrogen-bond acceptors (Lipinski definition) is 2. The molecule has 2 aromatic carbocycles. The van der Waals surface area contributed by atoms with E-state index in [1.165, 1.54) is 4.90 Å². The third-order valence-electron chi connectivity index (χ3n) is 4.06. The topological polar surface area (TPSA) is 37.4 Å². The summed E-state index contributed by atoms with van der Waals surface area (Å²) in [5, 5.41) is 0. The van der Waals surface area contributed by atoms with E-state index in [1.54, 1.807) is 24.3 Å². The van der Waals surface area contributed by atoms with E-state index in [0.717, 1.165) is 16.8 Å². The number of imide groups is 1. The molecular formula is C19H19NO2. The molecule has 3 nitrogen and oxygen atoms in total. The number of aryl methyl sites for hydroxylation is 1. The maximum Gasteiger partial charge on any atom is 0.266 e. The van der Waals surface area contributed by atoms with Crippen LogP contribution < -0.4 is 4.90 Å². The maximum absolute atomic E-state index is 12.7. The first kappa shape index (κ1) is 14.5. The van der Waals surface area contributed by atoms with E-state index in [0.29, 0.717) is 11.1 Å². The molecule has 0 fully saturated rings. The van der Waals surface area contributed by atoms with Gasteiger partial charge < -0.3 is 0 Å². The molecule has 0 saturated heterocycles. The Morgan fingerprint density at radius 2 is 1.36 bits per heavy atom. The van der Waals surface area contributed by atoms with Gasteiger partial charge in [-0.2, -0.15) is 0 Å². The van der Waals surface area contributed by atoms with Crippen LogP contribution in [0.2, 0.25) is 0 Å². The molecule has 3 heteroatoms. The first-order valence-electron chi connectivity index (χ1n) is 7.40. The summed E-state index contributed by atoms with van der Waals surface area (Å²) in [6.07, 6.45) is 0. The summed E-state index contributed by atoms with van der Waals surface area (Å²) in [5.74, 6) is -0.471. The van der Waals surface area contributed by atoms with Crippen LogP contribution in [0.4, 0.5) is 5.69 Å². The Bertz CT molecular complexity index is 749. The standard InChI is InChI=1S/C19H19NO2/c1-12-8-7-11-15(19(2,3)4)16(12)20-17(21)13-9-5-6-10-14(13)18(20)22/h5-11H,1-4H3. The van der Waals surface area contributed by atoms with Crippen molar-refractivity contribution in [2.45, 2.75) is 33.1 Å². The summed E-state index contributed by atoms with van der Waals surface area (Å²) >= 11 is 0. The number of benzene rings is 2. The van der Waals surface area contributed by atoms with Gasteiger partial charge in [-0.15, -0.1) is 0 Å². The number of anilines is 1. The van der Waals surface area contributed by atoms with Crippen LogP contribution in [-0.4, -0.2) is 11.8 Å². The fourth-order valence-corrected chi connectivity index (χ4v) is 2.95. The molecule has 1 heterocycles. The highest BCUT2D eigenvalue weighted by Gasteiger charge is 2.39. The lowest BCUT2D eigenvalue weighted by molar-refractivity contribution is 0.0925. The van der Waals surface area contributed by atoms with Crippen molar-refractivity contribution >= 4 is 17.5 Å². The van der Waals surface area contributed by atoms with Crippen molar-refractivity contribution in [1.29, 1.82) is 0 Å². The third kappa shape index (κ3) is 2.05. The zero-order chi connectivity index (χ0) is 16.1. The number of hydrogen-bond donors (Lipinski definition) is 0. The molecule has 0 aromatic heterocycles. The van der Waals surface area contributed by atoms with Crippen LogP contribution in [0, 0.1) is 6.92 Å². The van der Waals surface area contributed by atoms with Gasteiger partial charge >= 0.3 is 0 Å². The number of carbonyl (C=O) groups is 2. The fraction of sp³-hybridized carbons (Fsp3) is 0.263. The minimum Gasteiger partial charge on any atom is -0.268 e. The van der Waals surface area contributed by atoms with Crippen molar-refractivity contribution in [1.82, 2.24) is 0 Å². The fourth-order valence-electron chi connectivity index (χ4n) is 2.95. The van der Waals surface area contributed by atoms with Crippen LogP contribution in [0.1, 0.15) is 52.6 Å². The number of fused-ring (bicyclic) bond motifs is 1. The van der Waals surface area contributed by atoms with Crippen LogP contribution in [0.5, 0.6) is 0 Å². The SMILES string of the molecule is Cc1cccc(C(C)(C)C)c1N1C(=O)c2ccccc2C1=O. The molecular weight excluding hydrogens is 274 g/mol. The monoisotopic (exact) mass is 293 g/mol. The molecule has 22 heavy (non-hydrogen) atoms. The molecule has 1 aliphatic heterocycles. The van der Waals surface area contributed by atoms with Crippen LogP contribution in [0.25, 0.3) is 0 Å². The molecule has 0 aliphatic carbocycles. The largest absolute Gasteiger partial charge is 0.268 e. The number of carbonyl (C=O) groups excluding carboxylic acids is 2. The normalized spacial score (nSPS) is 14.5. The van der Waals surface area contributed by atoms with Crippen LogP contribution in [-0.2, 0) is 5.41 Å². The second kappa shape index (κ2) is 4.80. The molecule has 0 bridgehead atoms. The summed E-state index contributed by atoms with van der Waals surface area (Å²) in [6, 6.07) is 12.9. The highest BCUT2D eigenvalue weighted by Crippen LogP contribution is 2.38. The van der Waals surface area contributed by atoms with Gasteiger partial charge in [-0.05, 0) is 35.6 Å². The van der Waals surface area contributed by atoms with E-state index >= 15 is 0 Å². The van der Waals surface area contributed by atoms with E-state index < -0.39 is 0 Å². The van der Waals surface area contributed by atoms with Crippen molar-refractivity contribution in [3.63, 3.8) is 0 Å². The van der Waals surface area contributed by atoms with Crippen molar-refractivity contribution in [2.75, 3.05) is 4.90 Å². The predicted molar refractivity (Wildman–Crippen MR) is 87.5 cm³/mol. The molecule has 1 aliphatic rings. The minimum atomic E-state index is -0.236. The Morgan fingerprint density at radius 3 is 1.86 bits per heavy atom. The van der Waals surface area contributed by atoms with Gasteiger partial charge in [0.15, 0.2) is 0 Å². The average molecular weight is 293 g/mol. The van der Waals surface area contributed by atoms with Gasteiger partial charge in [0.25, 0.3) is 11.8 Å². The van der Waals surface area contributed by atoms with E-state index in [9.17, 15) is 9.59 Å². The van der Waals surface area contributed by atoms with E-state index in [2.05, 4.69) is 20.8 Å². The second-order valence-electron chi connectivity index (χ2n) is 6.71. The Kier molecular flexibility index (Phi) is 3.17. The highest BCUT2D eigenvalue weighted by molar-refractivity contribution is 6.34. The number of rotatable bonds is 1. The molecule has 3 rings (SSSR count). The minimum absolute atomic E-state index is 0.156. The van der Waals surface area contributed by atoms with Crippen molar-refractivity contribution in [2.24, 2.45) is 0 Å². The Balaban J connectivity index is 2.23. The summed E-state index contributed by atoms with van der Waals surface area (Å²) in [5.41, 5.74) is 3.47. The number of amides is 2. The summed E-state index contributed by atoms with van der Waals surface area (Å²) in [7, 11) is 0. The maximum atomic E-state index is 12.7. The first-order chi connectivity index (χ1) is 10.3. The van der Waals surface area contributed by atoms with Crippen molar-refractivity contribution < 1.29 is 9.59 Å². The lowest BCUT2D eigenvalue weighted by atomic mass is 9.84. The summed E-state index contributed by atoms with van der Waals surface area (Å²) < 4.78 is 0. The third-order valence-corrected chi connectivity index (χ3v) is 4.06. The zero-order valence-corrected chi connectivity index (χ0v) is 13.3. The van der Waals surface area contributed by atoms with Crippen molar-refractivity contribution in [3.05, 3.63) is 64.7 Å². The van der Waals surface area contributed by atoms with Gasteiger partial charge in [-0.3, -0.25) is 9.59 Å². The van der Waals surface area contributed by atoms with Gasteiger partial charge in [-0.1, -0.05) is 51.1 Å². The van der Waals surface area contributed by atoms with Gasteiger partial charge in [0.05, 0.1) is 16.8 Å². The lowest BCUT2D eigenvalue weighted by Crippen LogP contribution is -2.32. The molecule has 2 amide bonds. The van der Waals surface area contributed by atoms with Gasteiger partial charge in [-0.25, -0.2) is 4.90 Å². The lowest BCUT2D eigenvalue weighted by Gasteiger charge is -2.28. The van der Waals surface area contributed by atoms with Gasteiger partial charge in [0.1, 0.15) is 0 Å². The number of para-hydroxylation sites is 1. The Labute approximate surface area is 130 Å². The predicted octanol–water partition coefficient (Wildman–Crippen LogP) is 4.09. The molecule has 0 spiro atoms. The van der Waals surface area contributed by atoms with Crippen LogP contribution >= 0.6 is 0 Å². The summed E-state index contributed by atoms with van der Waals surface area (Å²) in [6.45, 7) is 8.20. The molecule has 0 N–H and O–H groups in total. The molecule has 0 unspecified atom stereocenters. The van der Waals surface area contributed by atoms with E-state index in [4.69, 9.17) is 0 Å². The Morgan fingerprint density at radius 1 is 0.818 bits per heavy atom.